The molecule has 0 saturated carbocycles. The Morgan fingerprint density at radius 1 is 1.25 bits per heavy atom. The number of anilines is 1. The highest BCUT2D eigenvalue weighted by Crippen LogP contribution is 2.09. The van der Waals surface area contributed by atoms with E-state index in [4.69, 9.17) is 0 Å². The van der Waals surface area contributed by atoms with Crippen molar-refractivity contribution in [2.45, 2.75) is 13.3 Å². The van der Waals surface area contributed by atoms with Crippen LogP contribution >= 0.6 is 0 Å². The van der Waals surface area contributed by atoms with Gasteiger partial charge in [-0.2, -0.15) is 0 Å². The Hall–Kier alpha value is -1.55. The monoisotopic (exact) mass is 218 g/mol. The first-order valence-corrected chi connectivity index (χ1v) is 5.78. The van der Waals surface area contributed by atoms with Crippen LogP contribution in [-0.2, 0) is 0 Å². The van der Waals surface area contributed by atoms with Gasteiger partial charge in [0.15, 0.2) is 0 Å². The molecule has 0 aliphatic heterocycles. The second kappa shape index (κ2) is 5.51. The zero-order valence-corrected chi connectivity index (χ0v) is 9.61. The van der Waals surface area contributed by atoms with E-state index in [0.717, 1.165) is 31.1 Å². The third-order valence-corrected chi connectivity index (χ3v) is 2.46. The summed E-state index contributed by atoms with van der Waals surface area (Å²) in [5, 5.41) is 6.75. The number of pyridine rings is 1. The van der Waals surface area contributed by atoms with E-state index in [9.17, 15) is 0 Å². The molecule has 2 aromatic heterocycles. The van der Waals surface area contributed by atoms with Gasteiger partial charge in [0.25, 0.3) is 0 Å². The predicted octanol–water partition coefficient (Wildman–Crippen LogP) is 1.75. The van der Waals surface area contributed by atoms with E-state index in [1.165, 1.54) is 6.42 Å². The third kappa shape index (κ3) is 2.52. The van der Waals surface area contributed by atoms with Crippen molar-refractivity contribution in [3.8, 4) is 0 Å². The van der Waals surface area contributed by atoms with Crippen molar-refractivity contribution >= 4 is 11.5 Å². The molecule has 0 unspecified atom stereocenters. The zero-order chi connectivity index (χ0) is 11.2. The molecular formula is C12H18N4. The summed E-state index contributed by atoms with van der Waals surface area (Å²) in [6, 6.07) is 6.08. The molecule has 0 atom stereocenters. The standard InChI is InChI=1S/C12H18N4/c1-2-6-13-7-8-14-11-4-3-5-12-15-9-10-16(11)12/h3-5,9-10,13-14H,2,6-8H2,1H3. The fraction of sp³-hybridized carbons (Fsp3) is 0.417. The maximum Gasteiger partial charge on any atom is 0.138 e. The Balaban J connectivity index is 1.91. The summed E-state index contributed by atoms with van der Waals surface area (Å²) in [6.07, 6.45) is 4.96. The van der Waals surface area contributed by atoms with Gasteiger partial charge in [0, 0.05) is 25.5 Å². The van der Waals surface area contributed by atoms with Gasteiger partial charge in [-0.1, -0.05) is 13.0 Å². The maximum atomic E-state index is 4.24. The molecule has 2 aromatic rings. The van der Waals surface area contributed by atoms with Crippen LogP contribution in [0, 0.1) is 0 Å². The Labute approximate surface area is 95.7 Å². The van der Waals surface area contributed by atoms with Crippen molar-refractivity contribution in [1.29, 1.82) is 0 Å². The van der Waals surface area contributed by atoms with E-state index >= 15 is 0 Å². The SMILES string of the molecule is CCCNCCNc1cccc2nccn12. The van der Waals surface area contributed by atoms with Gasteiger partial charge >= 0.3 is 0 Å². The molecule has 16 heavy (non-hydrogen) atoms. The molecule has 2 heterocycles. The van der Waals surface area contributed by atoms with E-state index in [2.05, 4.69) is 33.0 Å². The number of hydrogen-bond donors (Lipinski definition) is 2. The number of nitrogens with one attached hydrogen (secondary N) is 2. The molecule has 0 aliphatic carbocycles. The molecule has 0 aromatic carbocycles. The molecule has 0 bridgehead atoms. The van der Waals surface area contributed by atoms with Gasteiger partial charge in [0.05, 0.1) is 0 Å². The summed E-state index contributed by atoms with van der Waals surface area (Å²) in [4.78, 5) is 4.24. The Morgan fingerprint density at radius 2 is 2.19 bits per heavy atom. The van der Waals surface area contributed by atoms with Crippen molar-refractivity contribution in [2.75, 3.05) is 25.0 Å². The van der Waals surface area contributed by atoms with E-state index in [1.54, 1.807) is 0 Å². The van der Waals surface area contributed by atoms with Gasteiger partial charge in [-0.25, -0.2) is 4.98 Å². The van der Waals surface area contributed by atoms with Crippen molar-refractivity contribution in [3.63, 3.8) is 0 Å². The molecule has 0 spiro atoms. The lowest BCUT2D eigenvalue weighted by molar-refractivity contribution is 0.687. The Kier molecular flexibility index (Phi) is 3.77. The topological polar surface area (TPSA) is 41.4 Å². The quantitative estimate of drug-likeness (QED) is 0.726. The van der Waals surface area contributed by atoms with E-state index < -0.39 is 0 Å². The third-order valence-electron chi connectivity index (χ3n) is 2.46. The number of hydrogen-bond acceptors (Lipinski definition) is 3. The van der Waals surface area contributed by atoms with Gasteiger partial charge < -0.3 is 10.6 Å². The summed E-state index contributed by atoms with van der Waals surface area (Å²) in [5.41, 5.74) is 0.978. The van der Waals surface area contributed by atoms with E-state index in [0.29, 0.717) is 0 Å². The van der Waals surface area contributed by atoms with Crippen LogP contribution in [0.3, 0.4) is 0 Å². The fourth-order valence-corrected chi connectivity index (χ4v) is 1.67. The lowest BCUT2D eigenvalue weighted by Gasteiger charge is -2.09. The van der Waals surface area contributed by atoms with Gasteiger partial charge in [-0.05, 0) is 25.1 Å². The first kappa shape index (κ1) is 11.0. The summed E-state index contributed by atoms with van der Waals surface area (Å²) in [5.74, 6) is 1.09. The number of rotatable bonds is 6. The minimum absolute atomic E-state index is 0.928. The van der Waals surface area contributed by atoms with Crippen LogP contribution in [0.4, 0.5) is 5.82 Å². The molecule has 0 amide bonds. The summed E-state index contributed by atoms with van der Waals surface area (Å²) >= 11 is 0. The molecule has 86 valence electrons. The molecule has 2 N–H and O–H groups in total. The van der Waals surface area contributed by atoms with Crippen LogP contribution in [0.15, 0.2) is 30.6 Å². The first-order valence-electron chi connectivity index (χ1n) is 5.78. The van der Waals surface area contributed by atoms with Crippen molar-refractivity contribution < 1.29 is 0 Å². The van der Waals surface area contributed by atoms with Crippen molar-refractivity contribution in [1.82, 2.24) is 14.7 Å². The Morgan fingerprint density at radius 3 is 3.06 bits per heavy atom. The van der Waals surface area contributed by atoms with Crippen LogP contribution in [0.1, 0.15) is 13.3 Å². The number of nitrogens with zero attached hydrogens (tertiary/aromatic N) is 2. The number of fused-ring (bicyclic) bond motifs is 1. The highest BCUT2D eigenvalue weighted by Gasteiger charge is 1.98. The maximum absolute atomic E-state index is 4.24. The minimum atomic E-state index is 0.928. The van der Waals surface area contributed by atoms with Gasteiger partial charge in [0.2, 0.25) is 0 Å². The largest absolute Gasteiger partial charge is 0.370 e. The van der Waals surface area contributed by atoms with Crippen molar-refractivity contribution in [2.24, 2.45) is 0 Å². The highest BCUT2D eigenvalue weighted by atomic mass is 15.1. The smallest absolute Gasteiger partial charge is 0.138 e. The minimum Gasteiger partial charge on any atom is -0.370 e. The highest BCUT2D eigenvalue weighted by molar-refractivity contribution is 5.49. The second-order valence-corrected chi connectivity index (χ2v) is 3.74. The van der Waals surface area contributed by atoms with E-state index in [-0.39, 0.29) is 0 Å². The van der Waals surface area contributed by atoms with Gasteiger partial charge in [-0.15, -0.1) is 0 Å². The number of aromatic nitrogens is 2. The molecule has 4 nitrogen and oxygen atoms in total. The molecular weight excluding hydrogens is 200 g/mol. The molecule has 0 radical (unpaired) electrons. The average Bonchev–Trinajstić information content (AvgIpc) is 2.77. The van der Waals surface area contributed by atoms with E-state index in [1.807, 2.05) is 24.5 Å². The van der Waals surface area contributed by atoms with Crippen LogP contribution < -0.4 is 10.6 Å². The molecule has 0 fully saturated rings. The van der Waals surface area contributed by atoms with Crippen LogP contribution in [0.25, 0.3) is 5.65 Å². The normalized spacial score (nSPS) is 10.8. The van der Waals surface area contributed by atoms with Crippen LogP contribution in [-0.4, -0.2) is 29.0 Å². The molecule has 0 saturated heterocycles. The van der Waals surface area contributed by atoms with Crippen LogP contribution in [0.2, 0.25) is 0 Å². The van der Waals surface area contributed by atoms with Gasteiger partial charge in [-0.3, -0.25) is 4.40 Å². The second-order valence-electron chi connectivity index (χ2n) is 3.74. The average molecular weight is 218 g/mol. The molecule has 2 rings (SSSR count). The first-order chi connectivity index (χ1) is 7.92. The van der Waals surface area contributed by atoms with Crippen LogP contribution in [0.5, 0.6) is 0 Å². The summed E-state index contributed by atoms with van der Waals surface area (Å²) < 4.78 is 2.06. The lowest BCUT2D eigenvalue weighted by atomic mass is 10.4. The lowest BCUT2D eigenvalue weighted by Crippen LogP contribution is -2.23. The molecule has 4 heteroatoms. The predicted molar refractivity (Wildman–Crippen MR) is 66.8 cm³/mol. The Bertz CT molecular complexity index is 435. The summed E-state index contributed by atoms with van der Waals surface area (Å²) in [7, 11) is 0. The fourth-order valence-electron chi connectivity index (χ4n) is 1.67. The molecule has 0 aliphatic rings. The summed E-state index contributed by atoms with van der Waals surface area (Å²) in [6.45, 7) is 5.17. The number of imidazole rings is 1. The zero-order valence-electron chi connectivity index (χ0n) is 9.61. The van der Waals surface area contributed by atoms with Crippen molar-refractivity contribution in [3.05, 3.63) is 30.6 Å². The van der Waals surface area contributed by atoms with Gasteiger partial charge in [0.1, 0.15) is 11.5 Å².